The minimum atomic E-state index is 0.172. The predicted molar refractivity (Wildman–Crippen MR) is 72.8 cm³/mol. The highest BCUT2D eigenvalue weighted by Gasteiger charge is 2.08. The molecule has 0 saturated heterocycles. The highest BCUT2D eigenvalue weighted by molar-refractivity contribution is 7.10. The molecule has 1 aromatic carbocycles. The van der Waals surface area contributed by atoms with Gasteiger partial charge in [0.2, 0.25) is 0 Å². The van der Waals surface area contributed by atoms with E-state index in [1.165, 1.54) is 11.3 Å². The van der Waals surface area contributed by atoms with Crippen molar-refractivity contribution in [2.45, 2.75) is 12.8 Å². The Morgan fingerprint density at radius 3 is 2.83 bits per heavy atom. The van der Waals surface area contributed by atoms with E-state index < -0.39 is 0 Å². The molecule has 1 aromatic heterocycles. The summed E-state index contributed by atoms with van der Waals surface area (Å²) in [7, 11) is 1.60. The van der Waals surface area contributed by atoms with Gasteiger partial charge in [0.05, 0.1) is 18.7 Å². The van der Waals surface area contributed by atoms with Crippen molar-refractivity contribution >= 4 is 17.1 Å². The molecular weight excluding hydrogens is 246 g/mol. The molecule has 0 saturated carbocycles. The van der Waals surface area contributed by atoms with Crippen molar-refractivity contribution in [3.05, 3.63) is 40.7 Å². The number of rotatable bonds is 6. The molecule has 1 heterocycles. The normalized spacial score (nSPS) is 10.5. The molecule has 0 amide bonds. The summed E-state index contributed by atoms with van der Waals surface area (Å²) in [4.78, 5) is 16.1. The molecule has 0 aliphatic heterocycles. The van der Waals surface area contributed by atoms with E-state index in [1.807, 2.05) is 35.7 Å². The number of Topliss-reactive ketones (excluding diaryl/α,β-unsaturated/α-hetero) is 1. The fraction of sp³-hybridized carbons (Fsp3) is 0.286. The fourth-order valence-corrected chi connectivity index (χ4v) is 2.44. The Labute approximate surface area is 110 Å². The first-order valence-electron chi connectivity index (χ1n) is 5.80. The van der Waals surface area contributed by atoms with E-state index in [-0.39, 0.29) is 5.78 Å². The van der Waals surface area contributed by atoms with E-state index in [2.05, 4.69) is 4.98 Å². The minimum Gasteiger partial charge on any atom is -0.384 e. The van der Waals surface area contributed by atoms with E-state index >= 15 is 0 Å². The molecule has 0 bridgehead atoms. The van der Waals surface area contributed by atoms with Crippen LogP contribution in [0.3, 0.4) is 0 Å². The zero-order chi connectivity index (χ0) is 12.8. The maximum Gasteiger partial charge on any atom is 0.141 e. The molecule has 2 rings (SSSR count). The maximum atomic E-state index is 11.6. The number of carbonyl (C=O) groups excluding carboxylic acids is 1. The summed E-state index contributed by atoms with van der Waals surface area (Å²) in [6, 6.07) is 9.98. The van der Waals surface area contributed by atoms with Crippen LogP contribution in [0.1, 0.15) is 11.4 Å². The average molecular weight is 261 g/mol. The highest BCUT2D eigenvalue weighted by Crippen LogP contribution is 2.21. The van der Waals surface area contributed by atoms with E-state index in [9.17, 15) is 4.79 Å². The zero-order valence-corrected chi connectivity index (χ0v) is 11.1. The molecule has 0 aliphatic carbocycles. The lowest BCUT2D eigenvalue weighted by Gasteiger charge is -1.97. The molecule has 0 spiro atoms. The molecule has 94 valence electrons. The van der Waals surface area contributed by atoms with E-state index in [0.717, 1.165) is 16.3 Å². The lowest BCUT2D eigenvalue weighted by Crippen LogP contribution is -2.05. The van der Waals surface area contributed by atoms with Crippen molar-refractivity contribution in [2.75, 3.05) is 13.7 Å². The first-order chi connectivity index (χ1) is 8.79. The van der Waals surface area contributed by atoms with Gasteiger partial charge in [-0.1, -0.05) is 30.3 Å². The summed E-state index contributed by atoms with van der Waals surface area (Å²) in [6.45, 7) is 0.482. The lowest BCUT2D eigenvalue weighted by molar-refractivity contribution is -0.119. The number of carbonyl (C=O) groups is 1. The number of methoxy groups -OCH3 is 1. The van der Waals surface area contributed by atoms with Crippen LogP contribution in [0.5, 0.6) is 0 Å². The fourth-order valence-electron chi connectivity index (χ4n) is 1.61. The lowest BCUT2D eigenvalue weighted by atomic mass is 10.2. The molecule has 0 N–H and O–H groups in total. The van der Waals surface area contributed by atoms with Gasteiger partial charge in [-0.15, -0.1) is 11.3 Å². The standard InChI is InChI=1S/C14H15NO2S/c1-17-8-7-12(16)9-14-15-13(10-18-14)11-5-3-2-4-6-11/h2-6,10H,7-9H2,1H3. The molecule has 0 aliphatic rings. The summed E-state index contributed by atoms with van der Waals surface area (Å²) in [6.07, 6.45) is 0.859. The Morgan fingerprint density at radius 2 is 2.11 bits per heavy atom. The van der Waals surface area contributed by atoms with Crippen LogP contribution in [-0.4, -0.2) is 24.5 Å². The Kier molecular flexibility index (Phi) is 4.61. The number of thiazole rings is 1. The number of benzene rings is 1. The Hall–Kier alpha value is -1.52. The second-order valence-electron chi connectivity index (χ2n) is 3.95. The molecule has 3 nitrogen and oxygen atoms in total. The molecule has 4 heteroatoms. The number of hydrogen-bond donors (Lipinski definition) is 0. The summed E-state index contributed by atoms with van der Waals surface area (Å²) in [5, 5.41) is 2.86. The van der Waals surface area contributed by atoms with Gasteiger partial charge in [0.1, 0.15) is 10.8 Å². The van der Waals surface area contributed by atoms with Crippen molar-refractivity contribution in [1.82, 2.24) is 4.98 Å². The van der Waals surface area contributed by atoms with Crippen LogP contribution < -0.4 is 0 Å². The van der Waals surface area contributed by atoms with Crippen LogP contribution in [0.4, 0.5) is 0 Å². The first-order valence-corrected chi connectivity index (χ1v) is 6.68. The maximum absolute atomic E-state index is 11.6. The van der Waals surface area contributed by atoms with Crippen LogP contribution in [0.2, 0.25) is 0 Å². The van der Waals surface area contributed by atoms with Gasteiger partial charge in [0, 0.05) is 24.5 Å². The monoisotopic (exact) mass is 261 g/mol. The van der Waals surface area contributed by atoms with Crippen LogP contribution in [0, 0.1) is 0 Å². The summed E-state index contributed by atoms with van der Waals surface area (Å²) < 4.78 is 4.89. The number of ketones is 1. The van der Waals surface area contributed by atoms with E-state index in [4.69, 9.17) is 4.74 Å². The van der Waals surface area contributed by atoms with Crippen molar-refractivity contribution in [3.8, 4) is 11.3 Å². The average Bonchev–Trinajstić information content (AvgIpc) is 2.86. The van der Waals surface area contributed by atoms with Crippen molar-refractivity contribution < 1.29 is 9.53 Å². The minimum absolute atomic E-state index is 0.172. The van der Waals surface area contributed by atoms with Crippen molar-refractivity contribution in [3.63, 3.8) is 0 Å². The quantitative estimate of drug-likeness (QED) is 0.802. The van der Waals surface area contributed by atoms with Gasteiger partial charge in [0.15, 0.2) is 0 Å². The van der Waals surface area contributed by atoms with Gasteiger partial charge >= 0.3 is 0 Å². The van der Waals surface area contributed by atoms with Crippen molar-refractivity contribution in [1.29, 1.82) is 0 Å². The van der Waals surface area contributed by atoms with Gasteiger partial charge in [-0.25, -0.2) is 4.98 Å². The molecular formula is C14H15NO2S. The van der Waals surface area contributed by atoms with Crippen LogP contribution in [-0.2, 0) is 16.0 Å². The Balaban J connectivity index is 2.00. The third kappa shape index (κ3) is 3.48. The Morgan fingerprint density at radius 1 is 1.33 bits per heavy atom. The molecule has 0 fully saturated rings. The van der Waals surface area contributed by atoms with Gasteiger partial charge in [-0.3, -0.25) is 4.79 Å². The summed E-state index contributed by atoms with van der Waals surface area (Å²) in [5.74, 6) is 0.172. The Bertz CT molecular complexity index is 508. The SMILES string of the molecule is COCCC(=O)Cc1nc(-c2ccccc2)cs1. The molecule has 18 heavy (non-hydrogen) atoms. The topological polar surface area (TPSA) is 39.2 Å². The zero-order valence-electron chi connectivity index (χ0n) is 10.3. The van der Waals surface area contributed by atoms with Gasteiger partial charge < -0.3 is 4.74 Å². The van der Waals surface area contributed by atoms with Gasteiger partial charge in [0.25, 0.3) is 0 Å². The molecule has 0 unspecified atom stereocenters. The molecule has 0 atom stereocenters. The van der Waals surface area contributed by atoms with E-state index in [1.54, 1.807) is 7.11 Å². The van der Waals surface area contributed by atoms with Crippen molar-refractivity contribution in [2.24, 2.45) is 0 Å². The van der Waals surface area contributed by atoms with Gasteiger partial charge in [-0.2, -0.15) is 0 Å². The highest BCUT2D eigenvalue weighted by atomic mass is 32.1. The van der Waals surface area contributed by atoms with E-state index in [0.29, 0.717) is 19.4 Å². The summed E-state index contributed by atoms with van der Waals surface area (Å²) in [5.41, 5.74) is 2.03. The number of hydrogen-bond acceptors (Lipinski definition) is 4. The largest absolute Gasteiger partial charge is 0.384 e. The number of aromatic nitrogens is 1. The van der Waals surface area contributed by atoms with Crippen LogP contribution in [0.25, 0.3) is 11.3 Å². The smallest absolute Gasteiger partial charge is 0.141 e. The first kappa shape index (κ1) is 12.9. The number of nitrogens with zero attached hydrogens (tertiary/aromatic N) is 1. The van der Waals surface area contributed by atoms with Crippen LogP contribution >= 0.6 is 11.3 Å². The van der Waals surface area contributed by atoms with Gasteiger partial charge in [-0.05, 0) is 0 Å². The number of ether oxygens (including phenoxy) is 1. The summed E-state index contributed by atoms with van der Waals surface area (Å²) >= 11 is 1.53. The van der Waals surface area contributed by atoms with Crippen LogP contribution in [0.15, 0.2) is 35.7 Å². The second-order valence-corrected chi connectivity index (χ2v) is 4.89. The molecule has 2 aromatic rings. The second kappa shape index (κ2) is 6.42. The third-order valence-electron chi connectivity index (χ3n) is 2.55. The molecule has 0 radical (unpaired) electrons. The third-order valence-corrected chi connectivity index (χ3v) is 3.40. The predicted octanol–water partition coefficient (Wildman–Crippen LogP) is 2.96.